The third-order valence-electron chi connectivity index (χ3n) is 1.91. The molecule has 2 aromatic rings. The zero-order valence-electron chi connectivity index (χ0n) is 8.70. The van der Waals surface area contributed by atoms with E-state index in [1.807, 2.05) is 6.92 Å². The van der Waals surface area contributed by atoms with Crippen LogP contribution in [0, 0.1) is 6.92 Å². The minimum atomic E-state index is 0.353. The summed E-state index contributed by atoms with van der Waals surface area (Å²) < 4.78 is 5.30. The molecule has 84 valence electrons. The highest BCUT2D eigenvalue weighted by Gasteiger charge is 2.02. The summed E-state index contributed by atoms with van der Waals surface area (Å²) >= 11 is 5.77. The van der Waals surface area contributed by atoms with E-state index in [2.05, 4.69) is 15.3 Å². The quantitative estimate of drug-likeness (QED) is 0.802. The van der Waals surface area contributed by atoms with Gasteiger partial charge in [0.15, 0.2) is 0 Å². The van der Waals surface area contributed by atoms with Gasteiger partial charge in [-0.05, 0) is 13.0 Å². The fourth-order valence-corrected chi connectivity index (χ4v) is 1.47. The normalized spacial score (nSPS) is 10.4. The maximum atomic E-state index is 5.77. The van der Waals surface area contributed by atoms with Gasteiger partial charge in [-0.25, -0.2) is 9.97 Å². The number of hydrogen-bond donors (Lipinski definition) is 2. The Morgan fingerprint density at radius 2 is 2.31 bits per heavy atom. The van der Waals surface area contributed by atoms with Gasteiger partial charge in [0.2, 0.25) is 5.89 Å². The van der Waals surface area contributed by atoms with Crippen molar-refractivity contribution in [3.05, 3.63) is 35.1 Å². The molecule has 0 saturated heterocycles. The van der Waals surface area contributed by atoms with Gasteiger partial charge in [-0.15, -0.1) is 0 Å². The molecule has 6 heteroatoms. The fourth-order valence-electron chi connectivity index (χ4n) is 1.26. The summed E-state index contributed by atoms with van der Waals surface area (Å²) in [5.74, 6) is 1.97. The van der Waals surface area contributed by atoms with Crippen LogP contribution in [0.5, 0.6) is 0 Å². The molecule has 0 aliphatic carbocycles. The first-order valence-electron chi connectivity index (χ1n) is 4.72. The van der Waals surface area contributed by atoms with Crippen molar-refractivity contribution in [2.75, 3.05) is 11.1 Å². The van der Waals surface area contributed by atoms with Crippen LogP contribution in [0.1, 0.15) is 11.7 Å². The molecule has 0 radical (unpaired) electrons. The SMILES string of the molecule is Cc1cnc(CNc2cc(N)cc(Cl)n2)o1. The molecule has 0 aromatic carbocycles. The van der Waals surface area contributed by atoms with Gasteiger partial charge in [0.1, 0.15) is 16.7 Å². The average Bonchev–Trinajstić information content (AvgIpc) is 2.60. The topological polar surface area (TPSA) is 77.0 Å². The van der Waals surface area contributed by atoms with Crippen LogP contribution in [0.2, 0.25) is 5.15 Å². The lowest BCUT2D eigenvalue weighted by Gasteiger charge is -2.04. The number of aryl methyl sites for hydroxylation is 1. The number of pyridine rings is 1. The van der Waals surface area contributed by atoms with Crippen molar-refractivity contribution in [3.63, 3.8) is 0 Å². The number of nitrogen functional groups attached to an aromatic ring is 1. The molecule has 0 amide bonds. The number of nitrogens with one attached hydrogen (secondary N) is 1. The van der Waals surface area contributed by atoms with E-state index in [-0.39, 0.29) is 0 Å². The second-order valence-electron chi connectivity index (χ2n) is 3.33. The molecule has 2 rings (SSSR count). The van der Waals surface area contributed by atoms with E-state index in [1.165, 1.54) is 0 Å². The van der Waals surface area contributed by atoms with Crippen LogP contribution < -0.4 is 11.1 Å². The number of hydrogen-bond acceptors (Lipinski definition) is 5. The van der Waals surface area contributed by atoms with E-state index in [0.29, 0.717) is 29.1 Å². The second kappa shape index (κ2) is 4.40. The van der Waals surface area contributed by atoms with Gasteiger partial charge in [0.25, 0.3) is 0 Å². The Labute approximate surface area is 97.6 Å². The van der Waals surface area contributed by atoms with E-state index in [9.17, 15) is 0 Å². The minimum Gasteiger partial charge on any atom is -0.444 e. The van der Waals surface area contributed by atoms with Crippen LogP contribution in [0.4, 0.5) is 11.5 Å². The van der Waals surface area contributed by atoms with Crippen LogP contribution in [-0.2, 0) is 6.54 Å². The van der Waals surface area contributed by atoms with Crippen LogP contribution in [-0.4, -0.2) is 9.97 Å². The van der Waals surface area contributed by atoms with E-state index < -0.39 is 0 Å². The van der Waals surface area contributed by atoms with Gasteiger partial charge >= 0.3 is 0 Å². The van der Waals surface area contributed by atoms with Crippen LogP contribution in [0.3, 0.4) is 0 Å². The largest absolute Gasteiger partial charge is 0.444 e. The molecule has 0 aliphatic rings. The third-order valence-corrected chi connectivity index (χ3v) is 2.10. The molecule has 2 aromatic heterocycles. The smallest absolute Gasteiger partial charge is 0.213 e. The van der Waals surface area contributed by atoms with Crippen LogP contribution in [0.25, 0.3) is 0 Å². The summed E-state index contributed by atoms with van der Waals surface area (Å²) in [5, 5.41) is 3.38. The molecular weight excluding hydrogens is 228 g/mol. The molecule has 0 bridgehead atoms. The first-order chi connectivity index (χ1) is 7.63. The maximum Gasteiger partial charge on any atom is 0.213 e. The van der Waals surface area contributed by atoms with Crippen molar-refractivity contribution < 1.29 is 4.42 Å². The molecular formula is C10H11ClN4O. The Morgan fingerprint density at radius 3 is 2.94 bits per heavy atom. The van der Waals surface area contributed by atoms with Gasteiger partial charge in [-0.3, -0.25) is 0 Å². The molecule has 0 spiro atoms. The number of anilines is 2. The number of rotatable bonds is 3. The van der Waals surface area contributed by atoms with Crippen LogP contribution >= 0.6 is 11.6 Å². The third kappa shape index (κ3) is 2.64. The molecule has 0 saturated carbocycles. The maximum absolute atomic E-state index is 5.77. The lowest BCUT2D eigenvalue weighted by molar-refractivity contribution is 0.479. The Kier molecular flexibility index (Phi) is 2.96. The van der Waals surface area contributed by atoms with E-state index in [1.54, 1.807) is 18.3 Å². The van der Waals surface area contributed by atoms with Crippen molar-refractivity contribution in [1.82, 2.24) is 9.97 Å². The molecule has 0 aliphatic heterocycles. The number of nitrogens with two attached hydrogens (primary N) is 1. The Bertz CT molecular complexity index is 477. The Hall–Kier alpha value is -1.75. The van der Waals surface area contributed by atoms with E-state index in [0.717, 1.165) is 5.76 Å². The molecule has 3 N–H and O–H groups in total. The van der Waals surface area contributed by atoms with Gasteiger partial charge in [-0.1, -0.05) is 11.6 Å². The number of oxazole rings is 1. The van der Waals surface area contributed by atoms with Gasteiger partial charge < -0.3 is 15.5 Å². The van der Waals surface area contributed by atoms with Crippen molar-refractivity contribution in [2.24, 2.45) is 0 Å². The molecule has 0 fully saturated rings. The molecule has 16 heavy (non-hydrogen) atoms. The molecule has 5 nitrogen and oxygen atoms in total. The Balaban J connectivity index is 2.04. The number of aromatic nitrogens is 2. The standard InChI is InChI=1S/C10H11ClN4O/c1-6-4-14-10(16-6)5-13-9-3-7(12)2-8(11)15-9/h2-4H,5H2,1H3,(H3,12,13,15). The van der Waals surface area contributed by atoms with Crippen molar-refractivity contribution in [2.45, 2.75) is 13.5 Å². The molecule has 0 unspecified atom stereocenters. The van der Waals surface area contributed by atoms with Gasteiger partial charge in [0.05, 0.1) is 12.7 Å². The highest BCUT2D eigenvalue weighted by molar-refractivity contribution is 6.29. The van der Waals surface area contributed by atoms with Crippen molar-refractivity contribution >= 4 is 23.1 Å². The summed E-state index contributed by atoms with van der Waals surface area (Å²) in [6.07, 6.45) is 1.66. The van der Waals surface area contributed by atoms with Gasteiger partial charge in [0, 0.05) is 11.8 Å². The highest BCUT2D eigenvalue weighted by Crippen LogP contribution is 2.16. The average molecular weight is 239 g/mol. The summed E-state index contributed by atoms with van der Waals surface area (Å²) in [7, 11) is 0. The van der Waals surface area contributed by atoms with E-state index >= 15 is 0 Å². The number of nitrogens with zero attached hydrogens (tertiary/aromatic N) is 2. The predicted molar refractivity (Wildman–Crippen MR) is 62.2 cm³/mol. The monoisotopic (exact) mass is 238 g/mol. The predicted octanol–water partition coefficient (Wildman–Crippen LogP) is 2.23. The van der Waals surface area contributed by atoms with Gasteiger partial charge in [-0.2, -0.15) is 0 Å². The zero-order valence-corrected chi connectivity index (χ0v) is 9.45. The fraction of sp³-hybridized carbons (Fsp3) is 0.200. The first kappa shape index (κ1) is 10.8. The van der Waals surface area contributed by atoms with E-state index in [4.69, 9.17) is 21.8 Å². The molecule has 0 atom stereocenters. The summed E-state index contributed by atoms with van der Waals surface area (Å²) in [4.78, 5) is 8.12. The number of halogens is 1. The summed E-state index contributed by atoms with van der Waals surface area (Å²) in [6.45, 7) is 2.28. The lowest BCUT2D eigenvalue weighted by atomic mass is 10.4. The Morgan fingerprint density at radius 1 is 1.50 bits per heavy atom. The van der Waals surface area contributed by atoms with Crippen molar-refractivity contribution in [1.29, 1.82) is 0 Å². The lowest BCUT2D eigenvalue weighted by Crippen LogP contribution is -2.02. The molecule has 2 heterocycles. The van der Waals surface area contributed by atoms with Crippen molar-refractivity contribution in [3.8, 4) is 0 Å². The zero-order chi connectivity index (χ0) is 11.5. The minimum absolute atomic E-state index is 0.353. The highest BCUT2D eigenvalue weighted by atomic mass is 35.5. The summed E-state index contributed by atoms with van der Waals surface area (Å²) in [5.41, 5.74) is 6.19. The van der Waals surface area contributed by atoms with Crippen LogP contribution in [0.15, 0.2) is 22.7 Å². The summed E-state index contributed by atoms with van der Waals surface area (Å²) in [6, 6.07) is 3.28. The first-order valence-corrected chi connectivity index (χ1v) is 5.09. The second-order valence-corrected chi connectivity index (χ2v) is 3.71.